The highest BCUT2D eigenvalue weighted by Gasteiger charge is 2.26. The van der Waals surface area contributed by atoms with Crippen molar-refractivity contribution >= 4 is 16.9 Å². The van der Waals surface area contributed by atoms with E-state index in [1.165, 1.54) is 43.0 Å². The number of thioether (sulfide) groups is 1. The Hall–Kier alpha value is -0.800. The van der Waals surface area contributed by atoms with Gasteiger partial charge in [-0.25, -0.2) is 0 Å². The summed E-state index contributed by atoms with van der Waals surface area (Å²) >= 11 is 1.48. The summed E-state index contributed by atoms with van der Waals surface area (Å²) in [7, 11) is 0. The maximum atomic E-state index is 11.7. The van der Waals surface area contributed by atoms with Gasteiger partial charge < -0.3 is 0 Å². The molecule has 0 unspecified atom stereocenters. The number of hydrogen-bond acceptors (Lipinski definition) is 3. The Bertz CT molecular complexity index is 413. The van der Waals surface area contributed by atoms with Gasteiger partial charge in [-0.3, -0.25) is 9.69 Å². The van der Waals surface area contributed by atoms with Gasteiger partial charge in [-0.15, -0.1) is 0 Å². The van der Waals surface area contributed by atoms with E-state index in [9.17, 15) is 4.79 Å². The molecule has 1 rings (SSSR count). The van der Waals surface area contributed by atoms with Crippen molar-refractivity contribution in [3.8, 4) is 0 Å². The fourth-order valence-corrected chi connectivity index (χ4v) is 3.72. The molecule has 0 aliphatic rings. The molecule has 0 radical (unpaired) electrons. The van der Waals surface area contributed by atoms with E-state index >= 15 is 0 Å². The zero-order valence-corrected chi connectivity index (χ0v) is 15.4. The summed E-state index contributed by atoms with van der Waals surface area (Å²) in [6.07, 6.45) is 4.87. The first-order valence-electron chi connectivity index (χ1n) is 8.56. The lowest BCUT2D eigenvalue weighted by molar-refractivity contribution is -0.109. The molecule has 22 heavy (non-hydrogen) atoms. The second-order valence-electron chi connectivity index (χ2n) is 5.92. The third-order valence-electron chi connectivity index (χ3n) is 4.03. The molecule has 2 nitrogen and oxygen atoms in total. The van der Waals surface area contributed by atoms with E-state index in [1.807, 2.05) is 6.07 Å². The molecule has 124 valence electrons. The molecule has 0 aromatic heterocycles. The smallest absolute Gasteiger partial charge is 0.186 e. The lowest BCUT2D eigenvalue weighted by atomic mass is 10.0. The molecule has 1 aromatic rings. The van der Waals surface area contributed by atoms with Crippen LogP contribution >= 0.6 is 11.8 Å². The van der Waals surface area contributed by atoms with Crippen LogP contribution in [0.4, 0.5) is 0 Å². The van der Waals surface area contributed by atoms with Crippen LogP contribution in [0.5, 0.6) is 0 Å². The van der Waals surface area contributed by atoms with Gasteiger partial charge >= 0.3 is 0 Å². The molecule has 0 aliphatic heterocycles. The molecule has 3 heteroatoms. The highest BCUT2D eigenvalue weighted by Crippen LogP contribution is 2.35. The SMILES string of the molecule is CCCCN(CCCC)[C@@H](C)[C@H](SC(C)=O)c1ccccc1. The molecule has 0 fully saturated rings. The van der Waals surface area contributed by atoms with Gasteiger partial charge in [-0.1, -0.05) is 68.8 Å². The second-order valence-corrected chi connectivity index (χ2v) is 7.24. The fraction of sp³-hybridized carbons (Fsp3) is 0.632. The molecule has 0 saturated carbocycles. The molecular formula is C19H31NOS. The Morgan fingerprint density at radius 2 is 1.64 bits per heavy atom. The van der Waals surface area contributed by atoms with Crippen LogP contribution in [-0.2, 0) is 4.79 Å². The highest BCUT2D eigenvalue weighted by molar-refractivity contribution is 8.13. The van der Waals surface area contributed by atoms with Crippen LogP contribution in [0.2, 0.25) is 0 Å². The van der Waals surface area contributed by atoms with Gasteiger partial charge in [0.25, 0.3) is 0 Å². The fourth-order valence-electron chi connectivity index (χ4n) is 2.70. The van der Waals surface area contributed by atoms with Crippen LogP contribution in [0.1, 0.15) is 64.2 Å². The van der Waals surface area contributed by atoms with Crippen molar-refractivity contribution < 1.29 is 4.79 Å². The van der Waals surface area contributed by atoms with E-state index < -0.39 is 0 Å². The molecule has 2 atom stereocenters. The van der Waals surface area contributed by atoms with E-state index in [0.29, 0.717) is 6.04 Å². The number of nitrogens with zero attached hydrogens (tertiary/aromatic N) is 1. The Morgan fingerprint density at radius 1 is 1.09 bits per heavy atom. The van der Waals surface area contributed by atoms with Crippen LogP contribution in [0, 0.1) is 0 Å². The van der Waals surface area contributed by atoms with Crippen molar-refractivity contribution in [2.45, 2.75) is 64.7 Å². The lowest BCUT2D eigenvalue weighted by Crippen LogP contribution is -2.38. The van der Waals surface area contributed by atoms with Gasteiger partial charge in [0.15, 0.2) is 5.12 Å². The molecular weight excluding hydrogens is 290 g/mol. The van der Waals surface area contributed by atoms with Crippen molar-refractivity contribution in [2.75, 3.05) is 13.1 Å². The maximum absolute atomic E-state index is 11.7. The zero-order chi connectivity index (χ0) is 16.4. The minimum Gasteiger partial charge on any atom is -0.299 e. The molecule has 0 heterocycles. The maximum Gasteiger partial charge on any atom is 0.186 e. The first kappa shape index (κ1) is 19.2. The van der Waals surface area contributed by atoms with Crippen LogP contribution in [0.15, 0.2) is 30.3 Å². The van der Waals surface area contributed by atoms with E-state index in [4.69, 9.17) is 0 Å². The number of carbonyl (C=O) groups is 1. The predicted molar refractivity (Wildman–Crippen MR) is 98.3 cm³/mol. The predicted octanol–water partition coefficient (Wildman–Crippen LogP) is 5.30. The van der Waals surface area contributed by atoms with Crippen molar-refractivity contribution in [3.05, 3.63) is 35.9 Å². The summed E-state index contributed by atoms with van der Waals surface area (Å²) in [5.74, 6) is 0. The van der Waals surface area contributed by atoms with E-state index in [2.05, 4.69) is 49.9 Å². The zero-order valence-electron chi connectivity index (χ0n) is 14.5. The van der Waals surface area contributed by atoms with Gasteiger partial charge in [-0.2, -0.15) is 0 Å². The molecule has 0 amide bonds. The van der Waals surface area contributed by atoms with Crippen LogP contribution < -0.4 is 0 Å². The third kappa shape index (κ3) is 6.53. The molecule has 0 bridgehead atoms. The average Bonchev–Trinajstić information content (AvgIpc) is 2.53. The van der Waals surface area contributed by atoms with E-state index in [0.717, 1.165) is 13.1 Å². The number of carbonyl (C=O) groups excluding carboxylic acids is 1. The van der Waals surface area contributed by atoms with Crippen LogP contribution in [0.3, 0.4) is 0 Å². The van der Waals surface area contributed by atoms with Crippen LogP contribution in [0.25, 0.3) is 0 Å². The molecule has 0 saturated heterocycles. The van der Waals surface area contributed by atoms with Gasteiger partial charge in [0.05, 0.1) is 5.25 Å². The van der Waals surface area contributed by atoms with Crippen molar-refractivity contribution in [2.24, 2.45) is 0 Å². The number of hydrogen-bond donors (Lipinski definition) is 0. The number of benzene rings is 1. The van der Waals surface area contributed by atoms with Gasteiger partial charge in [-0.05, 0) is 38.4 Å². The normalized spacial score (nSPS) is 14.0. The second kappa shape index (κ2) is 10.8. The number of unbranched alkanes of at least 4 members (excludes halogenated alkanes) is 2. The van der Waals surface area contributed by atoms with E-state index in [1.54, 1.807) is 6.92 Å². The Morgan fingerprint density at radius 3 is 2.09 bits per heavy atom. The van der Waals surface area contributed by atoms with Crippen LogP contribution in [-0.4, -0.2) is 29.1 Å². The van der Waals surface area contributed by atoms with Crippen molar-refractivity contribution in [1.29, 1.82) is 0 Å². The Balaban J connectivity index is 2.90. The standard InChI is InChI=1S/C19H31NOS/c1-5-7-14-20(15-8-6-2)16(3)19(22-17(4)21)18-12-10-9-11-13-18/h9-13,16,19H,5-8,14-15H2,1-4H3/t16-,19-/m0/s1. The summed E-state index contributed by atoms with van der Waals surface area (Å²) in [4.78, 5) is 14.3. The molecule has 0 spiro atoms. The summed E-state index contributed by atoms with van der Waals surface area (Å²) in [6, 6.07) is 10.8. The Labute approximate surface area is 140 Å². The summed E-state index contributed by atoms with van der Waals surface area (Å²) < 4.78 is 0. The molecule has 0 aliphatic carbocycles. The average molecular weight is 322 g/mol. The third-order valence-corrected chi connectivity index (χ3v) is 5.28. The van der Waals surface area contributed by atoms with Crippen molar-refractivity contribution in [1.82, 2.24) is 4.90 Å². The molecule has 0 N–H and O–H groups in total. The largest absolute Gasteiger partial charge is 0.299 e. The number of rotatable bonds is 10. The summed E-state index contributed by atoms with van der Waals surface area (Å²) in [5, 5.41) is 0.416. The van der Waals surface area contributed by atoms with Gasteiger partial charge in [0.2, 0.25) is 0 Å². The minimum absolute atomic E-state index is 0.201. The minimum atomic E-state index is 0.201. The van der Waals surface area contributed by atoms with Crippen molar-refractivity contribution in [3.63, 3.8) is 0 Å². The first-order chi connectivity index (χ1) is 10.6. The lowest BCUT2D eigenvalue weighted by Gasteiger charge is -2.34. The highest BCUT2D eigenvalue weighted by atomic mass is 32.2. The van der Waals surface area contributed by atoms with Gasteiger partial charge in [0, 0.05) is 13.0 Å². The van der Waals surface area contributed by atoms with E-state index in [-0.39, 0.29) is 10.4 Å². The topological polar surface area (TPSA) is 20.3 Å². The monoisotopic (exact) mass is 321 g/mol. The summed E-state index contributed by atoms with van der Waals surface area (Å²) in [5.41, 5.74) is 1.26. The first-order valence-corrected chi connectivity index (χ1v) is 9.44. The Kier molecular flexibility index (Phi) is 9.49. The molecule has 1 aromatic carbocycles. The van der Waals surface area contributed by atoms with Gasteiger partial charge in [0.1, 0.15) is 0 Å². The quantitative estimate of drug-likeness (QED) is 0.583. The summed E-state index contributed by atoms with van der Waals surface area (Å²) in [6.45, 7) is 10.7.